The average molecular weight is 760 g/mol. The van der Waals surface area contributed by atoms with E-state index < -0.39 is 48.4 Å². The highest BCUT2D eigenvalue weighted by Gasteiger charge is 2.53. The van der Waals surface area contributed by atoms with E-state index >= 15 is 0 Å². The van der Waals surface area contributed by atoms with Gasteiger partial charge in [-0.15, -0.1) is 0 Å². The van der Waals surface area contributed by atoms with Gasteiger partial charge in [-0.1, -0.05) is 188 Å². The smallest absolute Gasteiger partial charge is 0.0592 e. The van der Waals surface area contributed by atoms with Gasteiger partial charge in [-0.25, -0.2) is 0 Å². The lowest BCUT2D eigenvalue weighted by molar-refractivity contribution is 1.01. The Kier molecular flexibility index (Phi) is 12.8. The summed E-state index contributed by atoms with van der Waals surface area (Å²) in [4.78, 5) is 7.82. The van der Waals surface area contributed by atoms with E-state index in [1.165, 1.54) is 11.4 Å². The molecule has 0 aromatic carbocycles. The maximum atomic E-state index is 6.05. The number of aromatic nitrogens is 1. The molecule has 3 rings (SSSR count). The van der Waals surface area contributed by atoms with Gasteiger partial charge in [-0.2, -0.15) is 0 Å². The fourth-order valence-electron chi connectivity index (χ4n) is 9.47. The zero-order valence-corrected chi connectivity index (χ0v) is 40.9. The van der Waals surface area contributed by atoms with Crippen molar-refractivity contribution in [3.8, 4) is 0 Å². The highest BCUT2D eigenvalue weighted by Crippen LogP contribution is 2.68. The summed E-state index contributed by atoms with van der Waals surface area (Å²) in [5, 5.41) is 1.21. The molecule has 1 nitrogen and oxygen atoms in total. The fourth-order valence-corrected chi connectivity index (χ4v) is 65.5. The van der Waals surface area contributed by atoms with Gasteiger partial charge in [0.05, 0.1) is 16.1 Å². The molecule has 1 aromatic rings. The second-order valence-electron chi connectivity index (χ2n) is 20.7. The number of nitrogens with zero attached hydrogens (tertiary/aromatic N) is 1. The summed E-state index contributed by atoms with van der Waals surface area (Å²) in [6.07, 6.45) is 19.7. The molecule has 2 aliphatic carbocycles. The maximum absolute atomic E-state index is 6.05. The molecule has 1 heterocycles. The fraction of sp³-hybridized carbons (Fsp3) is 0.649. The second kappa shape index (κ2) is 14.5. The van der Waals surface area contributed by atoms with Crippen LogP contribution in [-0.2, 0) is 0 Å². The lowest BCUT2D eigenvalue weighted by Crippen LogP contribution is -2.55. The van der Waals surface area contributed by atoms with Crippen LogP contribution in [0.1, 0.15) is 22.0 Å². The Bertz CT molecular complexity index is 1160. The van der Waals surface area contributed by atoms with Gasteiger partial charge < -0.3 is 0 Å². The number of hydrogen-bond donors (Lipinski definition) is 0. The van der Waals surface area contributed by atoms with Crippen molar-refractivity contribution < 1.29 is 0 Å². The monoisotopic (exact) mass is 759 g/mol. The minimum Gasteiger partial charge on any atom is -0.257 e. The molecule has 0 amide bonds. The Morgan fingerprint density at radius 1 is 0.435 bits per heavy atom. The Labute approximate surface area is 295 Å². The SMILES string of the molecule is C[Si](C)(C)C(c1cccc(C(P(C2C=CC=C2)C([Si](C)(C)C)[Si](C)(C)C)[Si](C)(C)C)n1)P(C1C=CC=C1)C([Si](C)(C)C)[Si](C)(C)C. The first kappa shape index (κ1) is 40.7. The van der Waals surface area contributed by atoms with Crippen molar-refractivity contribution in [2.75, 3.05) is 0 Å². The summed E-state index contributed by atoms with van der Waals surface area (Å²) in [6, 6.07) is 7.43. The number of pyridine rings is 1. The summed E-state index contributed by atoms with van der Waals surface area (Å²) >= 11 is 0. The first-order valence-electron chi connectivity index (χ1n) is 17.9. The molecule has 258 valence electrons. The van der Waals surface area contributed by atoms with E-state index in [0.717, 1.165) is 9.81 Å². The molecule has 46 heavy (non-hydrogen) atoms. The van der Waals surface area contributed by atoms with Crippen LogP contribution in [0.5, 0.6) is 0 Å². The molecular weight excluding hydrogens is 689 g/mol. The van der Waals surface area contributed by atoms with Crippen LogP contribution in [0.2, 0.25) is 118 Å². The van der Waals surface area contributed by atoms with Gasteiger partial charge in [0.1, 0.15) is 0 Å². The van der Waals surface area contributed by atoms with Crippen molar-refractivity contribution >= 4 is 64.3 Å². The van der Waals surface area contributed by atoms with Gasteiger partial charge in [-0.05, 0) is 21.9 Å². The van der Waals surface area contributed by atoms with Crippen LogP contribution in [0.25, 0.3) is 0 Å². The third-order valence-corrected chi connectivity index (χ3v) is 54.7. The van der Waals surface area contributed by atoms with Gasteiger partial charge in [0.25, 0.3) is 0 Å². The van der Waals surface area contributed by atoms with Crippen molar-refractivity contribution in [3.05, 3.63) is 78.2 Å². The standard InChI is InChI=1S/C37H71NP2Si6/c1-41(2,3)34(39(30-24-19-20-25-30)36(43(7,8)9)44(10,11)12)32-28-23-29-33(38-32)35(42(4,5)6)40(31-26-21-22-27-31)37(45(13,14)15)46(16,17)18/h19-31,34-37H,1-18H3. The van der Waals surface area contributed by atoms with Crippen molar-refractivity contribution in [2.24, 2.45) is 0 Å². The quantitative estimate of drug-likeness (QED) is 0.136. The molecule has 0 saturated carbocycles. The van der Waals surface area contributed by atoms with Crippen molar-refractivity contribution in [2.45, 2.75) is 150 Å². The van der Waals surface area contributed by atoms with Crippen LogP contribution in [0, 0.1) is 0 Å². The summed E-state index contributed by atoms with van der Waals surface area (Å²) < 4.78 is 0. The molecule has 0 N–H and O–H groups in total. The highest BCUT2D eigenvalue weighted by molar-refractivity contribution is 7.69. The zero-order valence-electron chi connectivity index (χ0n) is 33.2. The third kappa shape index (κ3) is 9.74. The van der Waals surface area contributed by atoms with E-state index in [0.29, 0.717) is 21.9 Å². The summed E-state index contributed by atoms with van der Waals surface area (Å²) in [5.41, 5.74) is 4.10. The van der Waals surface area contributed by atoms with E-state index in [1.54, 1.807) is 0 Å². The van der Waals surface area contributed by atoms with E-state index in [2.05, 4.69) is 185 Å². The van der Waals surface area contributed by atoms with Crippen LogP contribution in [0.4, 0.5) is 0 Å². The minimum atomic E-state index is -1.67. The van der Waals surface area contributed by atoms with Crippen molar-refractivity contribution in [1.29, 1.82) is 0 Å². The average Bonchev–Trinajstić information content (AvgIpc) is 3.53. The summed E-state index contributed by atoms with van der Waals surface area (Å²) in [7, 11) is -9.80. The topological polar surface area (TPSA) is 12.9 Å². The first-order valence-corrected chi connectivity index (χ1v) is 42.4. The van der Waals surface area contributed by atoms with Crippen LogP contribution in [0.3, 0.4) is 0 Å². The molecule has 0 aliphatic heterocycles. The molecular formula is C37H71NP2Si6. The highest BCUT2D eigenvalue weighted by atomic mass is 31.1. The van der Waals surface area contributed by atoms with Gasteiger partial charge in [0.15, 0.2) is 0 Å². The van der Waals surface area contributed by atoms with Crippen molar-refractivity contribution in [1.82, 2.24) is 4.98 Å². The van der Waals surface area contributed by atoms with Crippen molar-refractivity contribution in [3.63, 3.8) is 0 Å². The molecule has 2 aliphatic rings. The maximum Gasteiger partial charge on any atom is 0.0592 e. The Morgan fingerprint density at radius 3 is 0.913 bits per heavy atom. The van der Waals surface area contributed by atoms with Crippen LogP contribution < -0.4 is 0 Å². The first-order chi connectivity index (χ1) is 20.7. The summed E-state index contributed by atoms with van der Waals surface area (Å²) in [6.45, 7) is 48.2. The van der Waals surface area contributed by atoms with Crippen LogP contribution in [0.15, 0.2) is 66.8 Å². The Balaban J connectivity index is 2.36. The predicted octanol–water partition coefficient (Wildman–Crippen LogP) is 13.1. The van der Waals surface area contributed by atoms with Gasteiger partial charge >= 0.3 is 0 Å². The Hall–Kier alpha value is 0.271. The molecule has 4 atom stereocenters. The largest absolute Gasteiger partial charge is 0.257 e. The molecule has 0 saturated heterocycles. The number of rotatable bonds is 14. The molecule has 1 aromatic heterocycles. The molecule has 0 fully saturated rings. The van der Waals surface area contributed by atoms with E-state index in [4.69, 9.17) is 4.98 Å². The molecule has 0 spiro atoms. The molecule has 9 heteroatoms. The van der Waals surface area contributed by atoms with Crippen LogP contribution >= 0.6 is 15.8 Å². The van der Waals surface area contributed by atoms with E-state index in [1.807, 2.05) is 0 Å². The third-order valence-electron chi connectivity index (χ3n) is 9.61. The molecule has 0 bridgehead atoms. The van der Waals surface area contributed by atoms with Crippen LogP contribution in [-0.4, -0.2) is 74.6 Å². The molecule has 4 unspecified atom stereocenters. The lowest BCUT2D eigenvalue weighted by atomic mass is 10.3. The normalized spacial score (nSPS) is 19.9. The summed E-state index contributed by atoms with van der Waals surface area (Å²) in [5.74, 6) is 0. The number of allylic oxidation sites excluding steroid dienone is 8. The molecule has 0 radical (unpaired) electrons. The lowest BCUT2D eigenvalue weighted by Gasteiger charge is -2.52. The minimum absolute atomic E-state index is 0.305. The Morgan fingerprint density at radius 2 is 0.696 bits per heavy atom. The number of hydrogen-bond acceptors (Lipinski definition) is 1. The van der Waals surface area contributed by atoms with Gasteiger partial charge in [0.2, 0.25) is 0 Å². The zero-order chi connectivity index (χ0) is 35.3. The van der Waals surface area contributed by atoms with E-state index in [-0.39, 0.29) is 15.8 Å². The van der Waals surface area contributed by atoms with E-state index in [9.17, 15) is 0 Å². The second-order valence-corrected chi connectivity index (χ2v) is 61.7. The predicted molar refractivity (Wildman–Crippen MR) is 235 cm³/mol. The van der Waals surface area contributed by atoms with Gasteiger partial charge in [-0.3, -0.25) is 4.98 Å². The van der Waals surface area contributed by atoms with Gasteiger partial charge in [0, 0.05) is 65.6 Å².